The number of pyridine rings is 2. The Morgan fingerprint density at radius 3 is 1.27 bits per heavy atom. The molecule has 0 bridgehead atoms. The maximum atomic E-state index is 11.8. The summed E-state index contributed by atoms with van der Waals surface area (Å²) in [6, 6.07) is 33.0. The summed E-state index contributed by atoms with van der Waals surface area (Å²) in [5.74, 6) is -0.585. The van der Waals surface area contributed by atoms with Crippen LogP contribution in [-0.4, -0.2) is 20.7 Å². The predicted octanol–water partition coefficient (Wildman–Crippen LogP) is 1.73. The fraction of sp³-hybridized carbons (Fsp3) is 0.263. The molecule has 0 aliphatic heterocycles. The average Bonchev–Trinajstić information content (AvgIpc) is 3.59. The van der Waals surface area contributed by atoms with Crippen LogP contribution in [0.4, 0.5) is 0 Å². The highest BCUT2D eigenvalue weighted by atomic mass is 35.7. The molecule has 6 rings (SSSR count). The van der Waals surface area contributed by atoms with E-state index < -0.39 is 10.2 Å². The molecule has 0 unspecified atom stereocenters. The summed E-state index contributed by atoms with van der Waals surface area (Å²) in [6.45, 7) is 5.02. The molecule has 6 aromatic rings. The zero-order valence-corrected chi connectivity index (χ0v) is 29.2. The minimum absolute atomic E-state index is 0.212. The Hall–Kier alpha value is -5.11. The van der Waals surface area contributed by atoms with Gasteiger partial charge in [0.1, 0.15) is 0 Å². The zero-order valence-electron chi connectivity index (χ0n) is 28.5. The van der Waals surface area contributed by atoms with E-state index in [1.165, 1.54) is 13.8 Å². The predicted molar refractivity (Wildman–Crippen MR) is 175 cm³/mol. The fourth-order valence-corrected chi connectivity index (χ4v) is 6.33. The Labute approximate surface area is 297 Å². The number of rotatable bonds is 13. The van der Waals surface area contributed by atoms with E-state index in [1.807, 2.05) is 60.9 Å². The fourth-order valence-electron chi connectivity index (χ4n) is 6.33. The number of fused-ring (bicyclic) bond motifs is 2. The van der Waals surface area contributed by atoms with Crippen molar-refractivity contribution >= 4 is 23.2 Å². The summed E-state index contributed by atoms with van der Waals surface area (Å²) in [6.07, 6.45) is 8.23. The molecule has 266 valence electrons. The first-order valence-corrected chi connectivity index (χ1v) is 17.8. The Bertz CT molecular complexity index is 1930. The number of benzene rings is 2. The Balaban J connectivity index is 0.000000943. The van der Waals surface area contributed by atoms with Gasteiger partial charge in [-0.05, 0) is 37.8 Å². The molecule has 0 amide bonds. The standard InChI is InChI=1S/C38H40N4O4.ClHO4/c1-29(43)45-27-33-37(31-17-7-5-8-18-31)41(35-21-11-15-23-39(33)35)25-13-3-4-14-26-42-36-22-12-16-24-40(36)34(28-46-30(2)44)38(42)32-19-9-6-10-20-32;2-1(3,4)5/h5-12,15-24H,3-4,13-14,25-28H2,1-2H3;(H,2,3,4,5)/q+2;/p-1. The summed E-state index contributed by atoms with van der Waals surface area (Å²) < 4.78 is 54.0. The van der Waals surface area contributed by atoms with Crippen LogP contribution in [0.5, 0.6) is 0 Å². The summed E-state index contributed by atoms with van der Waals surface area (Å²) in [7, 11) is -4.94. The molecule has 0 radical (unpaired) electrons. The van der Waals surface area contributed by atoms with Gasteiger partial charge < -0.3 is 9.47 Å². The van der Waals surface area contributed by atoms with Crippen molar-refractivity contribution in [2.24, 2.45) is 0 Å². The summed E-state index contributed by atoms with van der Waals surface area (Å²) in [5.41, 5.74) is 8.44. The number of aryl methyl sites for hydroxylation is 2. The molecular formula is C38H40ClN4O8+. The number of halogens is 1. The van der Waals surface area contributed by atoms with Crippen molar-refractivity contribution in [2.75, 3.05) is 0 Å². The SMILES string of the molecule is CC(=O)OCc1c(-c2ccccc2)[n+](CCCCCC[n+]2c(-c3ccccc3)c(COC(C)=O)n3ccccc32)c2ccccn12.[O-][Cl+3]([O-])([O-])[O-]. The van der Waals surface area contributed by atoms with E-state index in [-0.39, 0.29) is 25.2 Å². The van der Waals surface area contributed by atoms with Gasteiger partial charge in [0.25, 0.3) is 11.3 Å². The van der Waals surface area contributed by atoms with Gasteiger partial charge in [-0.3, -0.25) is 9.59 Å². The molecule has 2 aromatic carbocycles. The van der Waals surface area contributed by atoms with Gasteiger partial charge >= 0.3 is 11.9 Å². The molecule has 0 aliphatic rings. The van der Waals surface area contributed by atoms with Crippen LogP contribution in [0.25, 0.3) is 33.8 Å². The summed E-state index contributed by atoms with van der Waals surface area (Å²) in [5, 5.41) is 0. The van der Waals surface area contributed by atoms with Gasteiger partial charge in [0.2, 0.25) is 0 Å². The number of imidazole rings is 2. The molecule has 0 atom stereocenters. The van der Waals surface area contributed by atoms with Gasteiger partial charge in [-0.15, -0.1) is 10.2 Å². The molecule has 0 aliphatic carbocycles. The van der Waals surface area contributed by atoms with E-state index in [9.17, 15) is 9.59 Å². The second-order valence-corrected chi connectivity index (χ2v) is 12.6. The molecule has 0 spiro atoms. The van der Waals surface area contributed by atoms with Gasteiger partial charge in [0.05, 0.1) is 25.5 Å². The first-order valence-electron chi connectivity index (χ1n) is 16.6. The molecule has 51 heavy (non-hydrogen) atoms. The highest BCUT2D eigenvalue weighted by molar-refractivity contribution is 5.67. The lowest BCUT2D eigenvalue weighted by atomic mass is 10.1. The quantitative estimate of drug-likeness (QED) is 0.0993. The summed E-state index contributed by atoms with van der Waals surface area (Å²) >= 11 is 0. The van der Waals surface area contributed by atoms with Gasteiger partial charge in [0, 0.05) is 37.1 Å². The molecule has 0 N–H and O–H groups in total. The van der Waals surface area contributed by atoms with Crippen LogP contribution in [0.1, 0.15) is 50.9 Å². The van der Waals surface area contributed by atoms with Crippen molar-refractivity contribution in [1.82, 2.24) is 8.80 Å². The Morgan fingerprint density at radius 1 is 0.569 bits per heavy atom. The highest BCUT2D eigenvalue weighted by Gasteiger charge is 2.28. The molecule has 0 fully saturated rings. The van der Waals surface area contributed by atoms with Crippen molar-refractivity contribution in [1.29, 1.82) is 0 Å². The van der Waals surface area contributed by atoms with Crippen LogP contribution >= 0.6 is 0 Å². The first kappa shape index (κ1) is 37.2. The van der Waals surface area contributed by atoms with Gasteiger partial charge in [0.15, 0.2) is 36.0 Å². The summed E-state index contributed by atoms with van der Waals surface area (Å²) in [4.78, 5) is 23.5. The number of ether oxygens (including phenoxy) is 2. The molecule has 0 saturated carbocycles. The molecule has 13 heteroatoms. The number of esters is 2. The van der Waals surface area contributed by atoms with Crippen LogP contribution in [0.3, 0.4) is 0 Å². The lowest BCUT2D eigenvalue weighted by Gasteiger charge is -2.17. The largest absolute Gasteiger partial charge is 0.457 e. The van der Waals surface area contributed by atoms with Crippen molar-refractivity contribution in [3.8, 4) is 22.5 Å². The number of nitrogens with zero attached hydrogens (tertiary/aromatic N) is 4. The van der Waals surface area contributed by atoms with Crippen LogP contribution in [0, 0.1) is 10.2 Å². The van der Waals surface area contributed by atoms with Gasteiger partial charge in [-0.1, -0.05) is 72.8 Å². The molecule has 0 saturated heterocycles. The van der Waals surface area contributed by atoms with Crippen LogP contribution in [0.2, 0.25) is 0 Å². The van der Waals surface area contributed by atoms with Crippen LogP contribution in [0.15, 0.2) is 109 Å². The number of aromatic nitrogens is 4. The number of hydrogen-bond acceptors (Lipinski definition) is 8. The lowest BCUT2D eigenvalue weighted by Crippen LogP contribution is -2.68. The van der Waals surface area contributed by atoms with Gasteiger partial charge in [-0.25, -0.2) is 27.8 Å². The Morgan fingerprint density at radius 2 is 0.922 bits per heavy atom. The van der Waals surface area contributed by atoms with Crippen molar-refractivity contribution in [3.63, 3.8) is 0 Å². The first-order chi connectivity index (χ1) is 24.5. The minimum Gasteiger partial charge on any atom is -0.457 e. The van der Waals surface area contributed by atoms with E-state index in [0.29, 0.717) is 0 Å². The maximum absolute atomic E-state index is 11.8. The van der Waals surface area contributed by atoms with Crippen molar-refractivity contribution < 1.29 is 57.1 Å². The monoisotopic (exact) mass is 715 g/mol. The zero-order chi connectivity index (χ0) is 36.4. The highest BCUT2D eigenvalue weighted by Crippen LogP contribution is 2.26. The molecule has 4 heterocycles. The number of carbonyl (C=O) groups is 2. The second-order valence-electron chi connectivity index (χ2n) is 11.8. The third-order valence-corrected chi connectivity index (χ3v) is 8.33. The van der Waals surface area contributed by atoms with E-state index in [0.717, 1.165) is 84.0 Å². The smallest absolute Gasteiger partial charge is 0.303 e. The van der Waals surface area contributed by atoms with Crippen LogP contribution < -0.4 is 27.8 Å². The molecule has 12 nitrogen and oxygen atoms in total. The number of hydrogen-bond donors (Lipinski definition) is 0. The minimum atomic E-state index is -4.94. The maximum Gasteiger partial charge on any atom is 0.303 e. The third kappa shape index (κ3) is 9.78. The number of unbranched alkanes of at least 4 members (excludes halogenated alkanes) is 3. The molecule has 4 aromatic heterocycles. The third-order valence-electron chi connectivity index (χ3n) is 8.33. The van der Waals surface area contributed by atoms with E-state index in [2.05, 4.69) is 66.5 Å². The van der Waals surface area contributed by atoms with E-state index >= 15 is 0 Å². The second kappa shape index (κ2) is 17.2. The van der Waals surface area contributed by atoms with Crippen molar-refractivity contribution in [3.05, 3.63) is 121 Å². The van der Waals surface area contributed by atoms with E-state index in [4.69, 9.17) is 28.1 Å². The number of carbonyl (C=O) groups excluding carboxylic acids is 2. The Kier molecular flexibility index (Phi) is 12.5. The topological polar surface area (TPSA) is 161 Å². The van der Waals surface area contributed by atoms with Crippen LogP contribution in [-0.2, 0) is 45.4 Å². The normalized spacial score (nSPS) is 11.3. The average molecular weight is 716 g/mol. The van der Waals surface area contributed by atoms with E-state index in [1.54, 1.807) is 0 Å². The van der Waals surface area contributed by atoms with Crippen molar-refractivity contribution in [2.45, 2.75) is 65.8 Å². The lowest BCUT2D eigenvalue weighted by molar-refractivity contribution is -2.00. The molecular weight excluding hydrogens is 676 g/mol. The van der Waals surface area contributed by atoms with Gasteiger partial charge in [-0.2, -0.15) is 8.80 Å².